The van der Waals surface area contributed by atoms with Crippen LogP contribution in [0.1, 0.15) is 0 Å². The quantitative estimate of drug-likeness (QED) is 0.619. The first-order valence-electron chi connectivity index (χ1n) is 3.09. The van der Waals surface area contributed by atoms with Gasteiger partial charge in [-0.1, -0.05) is 0 Å². The topological polar surface area (TPSA) is 112 Å². The van der Waals surface area contributed by atoms with Crippen molar-refractivity contribution in [2.24, 2.45) is 10.9 Å². The van der Waals surface area contributed by atoms with Crippen LogP contribution >= 0.6 is 0 Å². The SMILES string of the molecule is NCCS(N)(=O)=O.c1cocn1. The second kappa shape index (κ2) is 5.70. The van der Waals surface area contributed by atoms with Crippen molar-refractivity contribution in [3.8, 4) is 0 Å². The average molecular weight is 193 g/mol. The summed E-state index contributed by atoms with van der Waals surface area (Å²) in [5.41, 5.74) is 4.86. The fraction of sp³-hybridized carbons (Fsp3) is 0.400. The Morgan fingerprint density at radius 2 is 2.17 bits per heavy atom. The maximum absolute atomic E-state index is 9.93. The van der Waals surface area contributed by atoms with Crippen LogP contribution in [0.4, 0.5) is 0 Å². The molecule has 1 rings (SSSR count). The van der Waals surface area contributed by atoms with E-state index in [0.717, 1.165) is 0 Å². The molecule has 0 aliphatic carbocycles. The number of sulfonamides is 1. The molecule has 7 heteroatoms. The summed E-state index contributed by atoms with van der Waals surface area (Å²) in [4.78, 5) is 3.56. The third-order valence-electron chi connectivity index (χ3n) is 0.750. The Bertz CT molecular complexity index is 251. The number of rotatable bonds is 2. The van der Waals surface area contributed by atoms with Gasteiger partial charge in [-0.15, -0.1) is 0 Å². The molecule has 0 saturated heterocycles. The molecule has 0 amide bonds. The van der Waals surface area contributed by atoms with Gasteiger partial charge in [0.1, 0.15) is 6.26 Å². The molecule has 0 radical (unpaired) electrons. The van der Waals surface area contributed by atoms with E-state index < -0.39 is 10.0 Å². The Balaban J connectivity index is 0.000000211. The molecule has 4 N–H and O–H groups in total. The van der Waals surface area contributed by atoms with Crippen LogP contribution in [0, 0.1) is 0 Å². The molecule has 0 unspecified atom stereocenters. The Morgan fingerprint density at radius 1 is 1.50 bits per heavy atom. The molecular formula is C5H11N3O3S. The minimum absolute atomic E-state index is 0.0961. The molecule has 0 atom stereocenters. The van der Waals surface area contributed by atoms with E-state index in [2.05, 4.69) is 14.5 Å². The lowest BCUT2D eigenvalue weighted by Gasteiger charge is -1.87. The van der Waals surface area contributed by atoms with Crippen LogP contribution in [0.15, 0.2) is 23.3 Å². The Labute approximate surface area is 70.6 Å². The summed E-state index contributed by atoms with van der Waals surface area (Å²) in [6.07, 6.45) is 4.47. The summed E-state index contributed by atoms with van der Waals surface area (Å²) in [6, 6.07) is 0. The third-order valence-corrected chi connectivity index (χ3v) is 1.55. The van der Waals surface area contributed by atoms with Crippen LogP contribution in [-0.2, 0) is 10.0 Å². The van der Waals surface area contributed by atoms with Crippen LogP contribution < -0.4 is 10.9 Å². The molecule has 70 valence electrons. The van der Waals surface area contributed by atoms with Gasteiger partial charge in [-0.3, -0.25) is 0 Å². The first kappa shape index (κ1) is 11.1. The number of primary sulfonamides is 1. The van der Waals surface area contributed by atoms with E-state index in [1.807, 2.05) is 0 Å². The molecule has 0 saturated carbocycles. The molecule has 0 aliphatic rings. The van der Waals surface area contributed by atoms with Crippen molar-refractivity contribution in [1.29, 1.82) is 0 Å². The zero-order valence-electron chi connectivity index (χ0n) is 6.38. The highest BCUT2D eigenvalue weighted by Crippen LogP contribution is 1.72. The van der Waals surface area contributed by atoms with Crippen LogP contribution in [0.2, 0.25) is 0 Å². The summed E-state index contributed by atoms with van der Waals surface area (Å²) in [5, 5.41) is 4.54. The van der Waals surface area contributed by atoms with Crippen molar-refractivity contribution in [1.82, 2.24) is 4.98 Å². The maximum Gasteiger partial charge on any atom is 0.210 e. The lowest BCUT2D eigenvalue weighted by atomic mass is 10.8. The van der Waals surface area contributed by atoms with Crippen LogP contribution in [0.5, 0.6) is 0 Å². The zero-order valence-corrected chi connectivity index (χ0v) is 7.20. The van der Waals surface area contributed by atoms with Crippen LogP contribution in [0.3, 0.4) is 0 Å². The summed E-state index contributed by atoms with van der Waals surface area (Å²) in [6.45, 7) is 0.0961. The summed E-state index contributed by atoms with van der Waals surface area (Å²) >= 11 is 0. The van der Waals surface area contributed by atoms with Gasteiger partial charge in [0, 0.05) is 6.54 Å². The molecular weight excluding hydrogens is 182 g/mol. The van der Waals surface area contributed by atoms with Crippen LogP contribution in [0.25, 0.3) is 0 Å². The van der Waals surface area contributed by atoms with Crippen molar-refractivity contribution < 1.29 is 12.8 Å². The van der Waals surface area contributed by atoms with E-state index in [9.17, 15) is 8.42 Å². The van der Waals surface area contributed by atoms with Gasteiger partial charge in [-0.05, 0) is 0 Å². The molecule has 0 aromatic carbocycles. The predicted molar refractivity (Wildman–Crippen MR) is 43.5 cm³/mol. The van der Waals surface area contributed by atoms with E-state index in [1.165, 1.54) is 12.7 Å². The number of nitrogens with zero attached hydrogens (tertiary/aromatic N) is 1. The van der Waals surface area contributed by atoms with E-state index in [4.69, 9.17) is 5.73 Å². The summed E-state index contributed by atoms with van der Waals surface area (Å²) < 4.78 is 24.3. The lowest BCUT2D eigenvalue weighted by Crippen LogP contribution is -2.22. The van der Waals surface area contributed by atoms with Gasteiger partial charge >= 0.3 is 0 Å². The highest BCUT2D eigenvalue weighted by atomic mass is 32.2. The third kappa shape index (κ3) is 9.08. The first-order valence-corrected chi connectivity index (χ1v) is 4.80. The van der Waals surface area contributed by atoms with E-state index in [1.54, 1.807) is 6.20 Å². The lowest BCUT2D eigenvalue weighted by molar-refractivity contribution is 0.558. The van der Waals surface area contributed by atoms with Gasteiger partial charge in [-0.2, -0.15) is 0 Å². The number of nitrogens with two attached hydrogens (primary N) is 2. The zero-order chi connectivity index (χ0) is 9.45. The van der Waals surface area contributed by atoms with Gasteiger partial charge in [0.05, 0.1) is 11.9 Å². The molecule has 1 aromatic heterocycles. The standard InChI is InChI=1S/C3H3NO.C2H8N2O2S/c1-2-5-3-4-1;3-1-2-7(4,5)6/h1-3H;1-3H2,(H2,4,5,6). The highest BCUT2D eigenvalue weighted by molar-refractivity contribution is 7.89. The van der Waals surface area contributed by atoms with Crippen LogP contribution in [-0.4, -0.2) is 25.7 Å². The van der Waals surface area contributed by atoms with Gasteiger partial charge in [0.15, 0.2) is 6.39 Å². The normalized spacial score (nSPS) is 10.2. The molecule has 1 aromatic rings. The summed E-state index contributed by atoms with van der Waals surface area (Å²) in [5.74, 6) is -0.132. The second-order valence-electron chi connectivity index (χ2n) is 1.83. The number of hydrogen-bond donors (Lipinski definition) is 2. The predicted octanol–water partition coefficient (Wildman–Crippen LogP) is -1.09. The van der Waals surface area contributed by atoms with Crippen molar-refractivity contribution in [2.75, 3.05) is 12.3 Å². The minimum atomic E-state index is -3.30. The van der Waals surface area contributed by atoms with E-state index in [0.29, 0.717) is 0 Å². The molecule has 0 spiro atoms. The molecule has 1 heterocycles. The van der Waals surface area contributed by atoms with Crippen molar-refractivity contribution in [2.45, 2.75) is 0 Å². The fourth-order valence-electron chi connectivity index (χ4n) is 0.340. The molecule has 0 bridgehead atoms. The molecule has 12 heavy (non-hydrogen) atoms. The van der Waals surface area contributed by atoms with Gasteiger partial charge in [0.2, 0.25) is 10.0 Å². The van der Waals surface area contributed by atoms with Crippen molar-refractivity contribution in [3.05, 3.63) is 18.9 Å². The number of oxazole rings is 1. The molecule has 0 fully saturated rings. The van der Waals surface area contributed by atoms with Gasteiger partial charge < -0.3 is 10.2 Å². The Kier molecular flexibility index (Phi) is 5.26. The summed E-state index contributed by atoms with van der Waals surface area (Å²) in [7, 11) is -3.30. The largest absolute Gasteiger partial charge is 0.452 e. The first-order chi connectivity index (χ1) is 5.56. The maximum atomic E-state index is 9.93. The second-order valence-corrected chi connectivity index (χ2v) is 3.57. The monoisotopic (exact) mass is 193 g/mol. The minimum Gasteiger partial charge on any atom is -0.452 e. The van der Waals surface area contributed by atoms with Crippen molar-refractivity contribution in [3.63, 3.8) is 0 Å². The van der Waals surface area contributed by atoms with Gasteiger partial charge in [0.25, 0.3) is 0 Å². The van der Waals surface area contributed by atoms with E-state index in [-0.39, 0.29) is 12.3 Å². The molecule has 6 nitrogen and oxygen atoms in total. The highest BCUT2D eigenvalue weighted by Gasteiger charge is 1.96. The Hall–Kier alpha value is -0.920. The number of hydrogen-bond acceptors (Lipinski definition) is 5. The average Bonchev–Trinajstić information content (AvgIpc) is 2.38. The smallest absolute Gasteiger partial charge is 0.210 e. The molecule has 0 aliphatic heterocycles. The van der Waals surface area contributed by atoms with Crippen molar-refractivity contribution >= 4 is 10.0 Å². The fourth-order valence-corrected chi connectivity index (χ4v) is 0.668. The van der Waals surface area contributed by atoms with E-state index >= 15 is 0 Å². The van der Waals surface area contributed by atoms with Gasteiger partial charge in [-0.25, -0.2) is 18.5 Å². The number of aromatic nitrogens is 1. The Morgan fingerprint density at radius 3 is 2.25 bits per heavy atom.